The van der Waals surface area contributed by atoms with Crippen molar-refractivity contribution in [3.05, 3.63) is 28.7 Å². The minimum absolute atomic E-state index is 0.0398. The van der Waals surface area contributed by atoms with Crippen LogP contribution in [-0.2, 0) is 0 Å². The first-order chi connectivity index (χ1) is 8.66. The number of benzene rings is 1. The third-order valence-corrected chi connectivity index (χ3v) is 4.09. The van der Waals surface area contributed by atoms with Crippen LogP contribution >= 0.6 is 28.1 Å². The van der Waals surface area contributed by atoms with E-state index in [0.717, 1.165) is 34.5 Å². The highest BCUT2D eigenvalue weighted by Gasteiger charge is 2.40. The number of amides is 2. The Morgan fingerprint density at radius 3 is 2.61 bits per heavy atom. The number of anilines is 1. The van der Waals surface area contributed by atoms with Crippen LogP contribution in [0, 0.1) is 0 Å². The summed E-state index contributed by atoms with van der Waals surface area (Å²) in [6, 6.07) is 7.71. The summed E-state index contributed by atoms with van der Waals surface area (Å²) < 4.78 is 1.01. The van der Waals surface area contributed by atoms with Gasteiger partial charge in [-0.3, -0.25) is 4.90 Å². The van der Waals surface area contributed by atoms with E-state index in [-0.39, 0.29) is 6.03 Å². The molecule has 2 fully saturated rings. The number of nitrogens with zero attached hydrogens (tertiary/aromatic N) is 3. The molecule has 2 heterocycles. The van der Waals surface area contributed by atoms with Gasteiger partial charge in [-0.25, -0.2) is 9.80 Å². The second kappa shape index (κ2) is 4.60. The molecule has 0 aromatic heterocycles. The van der Waals surface area contributed by atoms with Gasteiger partial charge in [0.25, 0.3) is 0 Å². The van der Waals surface area contributed by atoms with Crippen LogP contribution in [0.25, 0.3) is 0 Å². The van der Waals surface area contributed by atoms with Gasteiger partial charge in [0.15, 0.2) is 0 Å². The molecule has 1 aromatic rings. The van der Waals surface area contributed by atoms with Gasteiger partial charge in [-0.1, -0.05) is 28.1 Å². The average molecular weight is 326 g/mol. The van der Waals surface area contributed by atoms with Gasteiger partial charge in [0.05, 0.1) is 6.67 Å². The van der Waals surface area contributed by atoms with E-state index in [1.807, 2.05) is 29.3 Å². The third-order valence-electron chi connectivity index (χ3n) is 3.18. The fourth-order valence-corrected chi connectivity index (χ4v) is 2.89. The molecule has 0 aliphatic carbocycles. The predicted octanol–water partition coefficient (Wildman–Crippen LogP) is 2.99. The van der Waals surface area contributed by atoms with Crippen molar-refractivity contribution in [2.45, 2.75) is 12.8 Å². The lowest BCUT2D eigenvalue weighted by Gasteiger charge is -2.30. The summed E-state index contributed by atoms with van der Waals surface area (Å²) in [6.07, 6.45) is 1.85. The molecular weight excluding hydrogens is 314 g/mol. The molecule has 6 heteroatoms. The van der Waals surface area contributed by atoms with Crippen LogP contribution in [0.1, 0.15) is 12.8 Å². The van der Waals surface area contributed by atoms with Crippen molar-refractivity contribution in [1.29, 1.82) is 0 Å². The van der Waals surface area contributed by atoms with Gasteiger partial charge in [-0.2, -0.15) is 5.01 Å². The lowest BCUT2D eigenvalue weighted by Crippen LogP contribution is -2.46. The summed E-state index contributed by atoms with van der Waals surface area (Å²) in [5.74, 6) is 0. The van der Waals surface area contributed by atoms with E-state index in [4.69, 9.17) is 12.2 Å². The van der Waals surface area contributed by atoms with Gasteiger partial charge in [0.1, 0.15) is 4.99 Å². The predicted molar refractivity (Wildman–Crippen MR) is 77.3 cm³/mol. The smallest absolute Gasteiger partial charge is 0.278 e. The van der Waals surface area contributed by atoms with Gasteiger partial charge in [-0.15, -0.1) is 0 Å². The Morgan fingerprint density at radius 2 is 1.94 bits per heavy atom. The number of carbonyl (C=O) groups is 1. The largest absolute Gasteiger partial charge is 0.345 e. The number of fused-ring (bicyclic) bond motifs is 1. The lowest BCUT2D eigenvalue weighted by molar-refractivity contribution is 0.105. The van der Waals surface area contributed by atoms with Gasteiger partial charge in [0, 0.05) is 23.1 Å². The highest BCUT2D eigenvalue weighted by atomic mass is 79.9. The van der Waals surface area contributed by atoms with E-state index in [1.54, 1.807) is 9.91 Å². The molecule has 1 aromatic carbocycles. The quantitative estimate of drug-likeness (QED) is 0.743. The Bertz CT molecular complexity index is 505. The first-order valence-electron chi connectivity index (χ1n) is 5.82. The Balaban J connectivity index is 1.89. The van der Waals surface area contributed by atoms with Crippen LogP contribution in [0.3, 0.4) is 0 Å². The first-order valence-corrected chi connectivity index (χ1v) is 7.02. The zero-order chi connectivity index (χ0) is 12.7. The number of carbonyl (C=O) groups excluding carboxylic acids is 1. The van der Waals surface area contributed by atoms with E-state index >= 15 is 0 Å². The Kier molecular flexibility index (Phi) is 3.09. The molecule has 2 saturated heterocycles. The molecule has 2 amide bonds. The standard InChI is InChI=1S/C12H12BrN3OS/c13-9-3-5-10(6-4-9)15-8-14-7-1-2-11(18)16(14)12(15)17/h3-6H,1-2,7-8H2. The Hall–Kier alpha value is -0.980. The molecule has 0 bridgehead atoms. The van der Waals surface area contributed by atoms with E-state index in [1.165, 1.54) is 0 Å². The molecule has 0 radical (unpaired) electrons. The summed E-state index contributed by atoms with van der Waals surface area (Å²) in [5, 5.41) is 3.65. The molecule has 0 unspecified atom stereocenters. The van der Waals surface area contributed by atoms with Crippen LogP contribution in [0.15, 0.2) is 28.7 Å². The Morgan fingerprint density at radius 1 is 1.22 bits per heavy atom. The van der Waals surface area contributed by atoms with E-state index in [0.29, 0.717) is 6.67 Å². The molecule has 2 aliphatic rings. The van der Waals surface area contributed by atoms with Crippen molar-refractivity contribution < 1.29 is 4.79 Å². The van der Waals surface area contributed by atoms with Crippen molar-refractivity contribution >= 4 is 44.9 Å². The van der Waals surface area contributed by atoms with Crippen LogP contribution in [0.5, 0.6) is 0 Å². The summed E-state index contributed by atoms with van der Waals surface area (Å²) >= 11 is 8.67. The molecule has 0 saturated carbocycles. The molecule has 0 N–H and O–H groups in total. The van der Waals surface area contributed by atoms with E-state index < -0.39 is 0 Å². The summed E-state index contributed by atoms with van der Waals surface area (Å²) in [7, 11) is 0. The van der Waals surface area contributed by atoms with Crippen LogP contribution < -0.4 is 4.90 Å². The van der Waals surface area contributed by atoms with Gasteiger partial charge < -0.3 is 0 Å². The molecule has 94 valence electrons. The molecule has 2 aliphatic heterocycles. The summed E-state index contributed by atoms with van der Waals surface area (Å²) in [4.78, 5) is 14.8. The zero-order valence-electron chi connectivity index (χ0n) is 9.67. The number of rotatable bonds is 1. The molecular formula is C12H12BrN3OS. The second-order valence-corrected chi connectivity index (χ2v) is 5.75. The topological polar surface area (TPSA) is 26.8 Å². The molecule has 0 atom stereocenters. The highest BCUT2D eigenvalue weighted by molar-refractivity contribution is 9.10. The Labute approximate surface area is 119 Å². The van der Waals surface area contributed by atoms with Gasteiger partial charge >= 0.3 is 6.03 Å². The minimum atomic E-state index is -0.0398. The number of thiocarbonyl (C=S) groups is 1. The lowest BCUT2D eigenvalue weighted by atomic mass is 10.2. The third kappa shape index (κ3) is 1.94. The normalized spacial score (nSPS) is 20.5. The number of hydrogen-bond donors (Lipinski definition) is 0. The maximum Gasteiger partial charge on any atom is 0.345 e. The average Bonchev–Trinajstić information content (AvgIpc) is 2.69. The molecule has 0 spiro atoms. The molecule has 18 heavy (non-hydrogen) atoms. The number of hydrogen-bond acceptors (Lipinski definition) is 3. The van der Waals surface area contributed by atoms with Crippen LogP contribution in [-0.4, -0.2) is 34.3 Å². The van der Waals surface area contributed by atoms with Gasteiger partial charge in [0.2, 0.25) is 0 Å². The minimum Gasteiger partial charge on any atom is -0.278 e. The van der Waals surface area contributed by atoms with Gasteiger partial charge in [-0.05, 0) is 30.7 Å². The monoisotopic (exact) mass is 325 g/mol. The summed E-state index contributed by atoms with van der Waals surface area (Å²) in [5.41, 5.74) is 0.903. The van der Waals surface area contributed by atoms with E-state index in [2.05, 4.69) is 15.9 Å². The first kappa shape index (κ1) is 12.1. The van der Waals surface area contributed by atoms with Crippen molar-refractivity contribution in [3.8, 4) is 0 Å². The molecule has 3 rings (SSSR count). The van der Waals surface area contributed by atoms with Crippen molar-refractivity contribution in [1.82, 2.24) is 10.0 Å². The highest BCUT2D eigenvalue weighted by Crippen LogP contribution is 2.28. The van der Waals surface area contributed by atoms with Crippen LogP contribution in [0.4, 0.5) is 10.5 Å². The van der Waals surface area contributed by atoms with Crippen molar-refractivity contribution in [2.75, 3.05) is 18.1 Å². The van der Waals surface area contributed by atoms with Crippen LogP contribution in [0.2, 0.25) is 0 Å². The van der Waals surface area contributed by atoms with Crippen molar-refractivity contribution in [2.24, 2.45) is 0 Å². The SMILES string of the molecule is O=C1N(c2ccc(Br)cc2)CN2CCCC(=S)N12. The fourth-order valence-electron chi connectivity index (χ4n) is 2.29. The number of hydrazine groups is 1. The number of urea groups is 1. The fraction of sp³-hybridized carbons (Fsp3) is 0.333. The maximum atomic E-state index is 12.3. The zero-order valence-corrected chi connectivity index (χ0v) is 12.1. The van der Waals surface area contributed by atoms with Crippen molar-refractivity contribution in [3.63, 3.8) is 0 Å². The second-order valence-electron chi connectivity index (χ2n) is 4.37. The van der Waals surface area contributed by atoms with E-state index in [9.17, 15) is 4.79 Å². The maximum absolute atomic E-state index is 12.3. The molecule has 4 nitrogen and oxygen atoms in total. The number of halogens is 1. The summed E-state index contributed by atoms with van der Waals surface area (Å²) in [6.45, 7) is 1.47.